The van der Waals surface area contributed by atoms with Gasteiger partial charge in [0.1, 0.15) is 5.82 Å². The topological polar surface area (TPSA) is 152 Å². The average Bonchev–Trinajstić information content (AvgIpc) is 2.70. The van der Waals surface area contributed by atoms with Crippen molar-refractivity contribution in [2.24, 2.45) is 5.14 Å². The van der Waals surface area contributed by atoms with Crippen LogP contribution in [0.3, 0.4) is 0 Å². The molecule has 0 aliphatic heterocycles. The lowest BCUT2D eigenvalue weighted by atomic mass is 10.2. The van der Waals surface area contributed by atoms with Gasteiger partial charge in [-0.3, -0.25) is 9.44 Å². The van der Waals surface area contributed by atoms with Gasteiger partial charge in [0.15, 0.2) is 0 Å². The summed E-state index contributed by atoms with van der Waals surface area (Å²) in [7, 11) is -12.7. The van der Waals surface area contributed by atoms with E-state index < -0.39 is 45.7 Å². The standard InChI is InChI=1S/C19H18FN3O6S3/c1-13-9-10-14(11-19(13)32(28,29)23-18-8-3-2-7-17(18)20)22-31(26,27)16-6-4-5-15(12-16)30(21,24)25/h2-12,22-23H,1H3,(H2,21,24,25). The van der Waals surface area contributed by atoms with E-state index in [0.717, 1.165) is 30.3 Å². The molecule has 0 atom stereocenters. The molecule has 0 aromatic heterocycles. The second-order valence-corrected chi connectivity index (χ2v) is 11.6. The van der Waals surface area contributed by atoms with E-state index in [-0.39, 0.29) is 21.8 Å². The first-order valence-corrected chi connectivity index (χ1v) is 13.3. The minimum absolute atomic E-state index is 0.106. The Hall–Kier alpha value is -3.00. The summed E-state index contributed by atoms with van der Waals surface area (Å²) in [5.74, 6) is -0.777. The molecule has 0 fully saturated rings. The van der Waals surface area contributed by atoms with Crippen molar-refractivity contribution in [3.8, 4) is 0 Å². The monoisotopic (exact) mass is 499 g/mol. The normalized spacial score (nSPS) is 12.3. The van der Waals surface area contributed by atoms with Gasteiger partial charge in [-0.2, -0.15) is 0 Å². The van der Waals surface area contributed by atoms with E-state index in [2.05, 4.69) is 9.44 Å². The molecule has 170 valence electrons. The Morgan fingerprint density at radius 3 is 2.06 bits per heavy atom. The number of nitrogens with two attached hydrogens (primary N) is 1. The number of anilines is 2. The maximum Gasteiger partial charge on any atom is 0.262 e. The van der Waals surface area contributed by atoms with Crippen LogP contribution in [0, 0.1) is 12.7 Å². The highest BCUT2D eigenvalue weighted by molar-refractivity contribution is 7.93. The van der Waals surface area contributed by atoms with E-state index in [4.69, 9.17) is 5.14 Å². The maximum atomic E-state index is 13.9. The molecule has 3 rings (SSSR count). The van der Waals surface area contributed by atoms with Crippen molar-refractivity contribution in [2.45, 2.75) is 21.6 Å². The molecule has 0 radical (unpaired) electrons. The minimum atomic E-state index is -4.28. The van der Waals surface area contributed by atoms with Crippen LogP contribution in [0.5, 0.6) is 0 Å². The molecule has 0 unspecified atom stereocenters. The van der Waals surface area contributed by atoms with Gasteiger partial charge in [0, 0.05) is 0 Å². The molecule has 0 saturated heterocycles. The van der Waals surface area contributed by atoms with Crippen molar-refractivity contribution in [1.82, 2.24) is 0 Å². The Morgan fingerprint density at radius 1 is 0.750 bits per heavy atom. The predicted octanol–water partition coefficient (Wildman–Crippen LogP) is 2.38. The molecule has 3 aromatic carbocycles. The van der Waals surface area contributed by atoms with E-state index in [1.54, 1.807) is 0 Å². The fourth-order valence-electron chi connectivity index (χ4n) is 2.73. The zero-order valence-electron chi connectivity index (χ0n) is 16.5. The molecule has 0 aliphatic carbocycles. The van der Waals surface area contributed by atoms with Crippen molar-refractivity contribution >= 4 is 41.4 Å². The van der Waals surface area contributed by atoms with E-state index in [1.807, 2.05) is 0 Å². The van der Waals surface area contributed by atoms with Gasteiger partial charge in [-0.25, -0.2) is 34.8 Å². The summed E-state index contributed by atoms with van der Waals surface area (Å²) in [4.78, 5) is -1.07. The largest absolute Gasteiger partial charge is 0.280 e. The molecule has 4 N–H and O–H groups in total. The molecule has 0 aliphatic rings. The van der Waals surface area contributed by atoms with Gasteiger partial charge < -0.3 is 0 Å². The van der Waals surface area contributed by atoms with Crippen molar-refractivity contribution < 1.29 is 29.6 Å². The number of nitrogens with one attached hydrogen (secondary N) is 2. The van der Waals surface area contributed by atoms with Crippen molar-refractivity contribution in [3.05, 3.63) is 78.1 Å². The zero-order valence-corrected chi connectivity index (χ0v) is 18.9. The van der Waals surface area contributed by atoms with Crippen LogP contribution in [0.15, 0.2) is 81.4 Å². The Labute approximate surface area is 185 Å². The van der Waals surface area contributed by atoms with E-state index in [9.17, 15) is 29.6 Å². The number of hydrogen-bond donors (Lipinski definition) is 3. The predicted molar refractivity (Wildman–Crippen MR) is 117 cm³/mol. The molecule has 0 amide bonds. The molecule has 13 heteroatoms. The quantitative estimate of drug-likeness (QED) is 0.454. The van der Waals surface area contributed by atoms with Crippen LogP contribution in [0.25, 0.3) is 0 Å². The molecule has 9 nitrogen and oxygen atoms in total. The summed E-state index contributed by atoms with van der Waals surface area (Å²) in [5, 5.41) is 5.04. The highest BCUT2D eigenvalue weighted by Crippen LogP contribution is 2.26. The number of sulfonamides is 3. The lowest BCUT2D eigenvalue weighted by molar-refractivity contribution is 0.595. The van der Waals surface area contributed by atoms with Crippen LogP contribution in [-0.4, -0.2) is 25.3 Å². The third-order valence-electron chi connectivity index (χ3n) is 4.29. The van der Waals surface area contributed by atoms with Gasteiger partial charge in [0.05, 0.1) is 26.1 Å². The molecular formula is C19H18FN3O6S3. The van der Waals surface area contributed by atoms with Crippen molar-refractivity contribution in [3.63, 3.8) is 0 Å². The van der Waals surface area contributed by atoms with Crippen LogP contribution in [0.2, 0.25) is 0 Å². The second-order valence-electron chi connectivity index (χ2n) is 6.69. The number of primary sulfonamides is 1. The average molecular weight is 500 g/mol. The highest BCUT2D eigenvalue weighted by Gasteiger charge is 2.22. The Balaban J connectivity index is 1.96. The Bertz CT molecular complexity index is 1500. The van der Waals surface area contributed by atoms with E-state index in [0.29, 0.717) is 0 Å². The summed E-state index contributed by atoms with van der Waals surface area (Å²) in [5.41, 5.74) is -0.0868. The number of aryl methyl sites for hydroxylation is 1. The highest BCUT2D eigenvalue weighted by atomic mass is 32.2. The summed E-state index contributed by atoms with van der Waals surface area (Å²) in [6.07, 6.45) is 0. The lowest BCUT2D eigenvalue weighted by Gasteiger charge is -2.14. The summed E-state index contributed by atoms with van der Waals surface area (Å²) in [6.45, 7) is 1.49. The first kappa shape index (κ1) is 23.7. The molecular weight excluding hydrogens is 481 g/mol. The molecule has 0 saturated carbocycles. The third-order valence-corrected chi connectivity index (χ3v) is 8.09. The van der Waals surface area contributed by atoms with Crippen molar-refractivity contribution in [2.75, 3.05) is 9.44 Å². The number of para-hydroxylation sites is 1. The van der Waals surface area contributed by atoms with Crippen LogP contribution in [0.4, 0.5) is 15.8 Å². The Morgan fingerprint density at radius 2 is 1.41 bits per heavy atom. The van der Waals surface area contributed by atoms with Crippen LogP contribution in [0.1, 0.15) is 5.56 Å². The first-order valence-electron chi connectivity index (χ1n) is 8.83. The van der Waals surface area contributed by atoms with E-state index in [1.165, 1.54) is 43.3 Å². The van der Waals surface area contributed by atoms with Crippen LogP contribution >= 0.6 is 0 Å². The van der Waals surface area contributed by atoms with Gasteiger partial charge in [-0.1, -0.05) is 24.3 Å². The molecule has 0 spiro atoms. The minimum Gasteiger partial charge on any atom is -0.280 e. The number of rotatable bonds is 7. The smallest absolute Gasteiger partial charge is 0.262 e. The fraction of sp³-hybridized carbons (Fsp3) is 0.0526. The maximum absolute atomic E-state index is 13.9. The summed E-state index contributed by atoms with van der Waals surface area (Å²) >= 11 is 0. The fourth-order valence-corrected chi connectivity index (χ4v) is 5.80. The lowest BCUT2D eigenvalue weighted by Crippen LogP contribution is -2.18. The number of halogens is 1. The van der Waals surface area contributed by atoms with E-state index >= 15 is 0 Å². The SMILES string of the molecule is Cc1ccc(NS(=O)(=O)c2cccc(S(N)(=O)=O)c2)cc1S(=O)(=O)Nc1ccccc1F. The zero-order chi connectivity index (χ0) is 23.7. The molecule has 3 aromatic rings. The molecule has 0 heterocycles. The number of benzene rings is 3. The van der Waals surface area contributed by atoms with Gasteiger partial charge >= 0.3 is 0 Å². The van der Waals surface area contributed by atoms with Gasteiger partial charge in [0.25, 0.3) is 20.0 Å². The third kappa shape index (κ3) is 5.24. The Kier molecular flexibility index (Phi) is 6.29. The van der Waals surface area contributed by atoms with Crippen LogP contribution < -0.4 is 14.6 Å². The summed E-state index contributed by atoms with van der Waals surface area (Å²) < 4.78 is 92.2. The van der Waals surface area contributed by atoms with Crippen LogP contribution in [-0.2, 0) is 30.1 Å². The van der Waals surface area contributed by atoms with Gasteiger partial charge in [-0.15, -0.1) is 0 Å². The second kappa shape index (κ2) is 8.50. The number of hydrogen-bond acceptors (Lipinski definition) is 6. The van der Waals surface area contributed by atoms with Gasteiger partial charge in [0.2, 0.25) is 10.0 Å². The molecule has 0 bridgehead atoms. The van der Waals surface area contributed by atoms with Gasteiger partial charge in [-0.05, 0) is 55.0 Å². The first-order chi connectivity index (χ1) is 14.8. The van der Waals surface area contributed by atoms with Crippen molar-refractivity contribution in [1.29, 1.82) is 0 Å². The summed E-state index contributed by atoms with van der Waals surface area (Å²) in [6, 6.07) is 13.3. The molecule has 32 heavy (non-hydrogen) atoms.